The molecule has 3 rings (SSSR count). The van der Waals surface area contributed by atoms with Crippen LogP contribution < -0.4 is 10.1 Å². The average Bonchev–Trinajstić information content (AvgIpc) is 2.73. The molecule has 0 aromatic heterocycles. The molecule has 0 aliphatic heterocycles. The van der Waals surface area contributed by atoms with E-state index in [0.717, 1.165) is 16.7 Å². The second-order valence-corrected chi connectivity index (χ2v) is 6.72. The van der Waals surface area contributed by atoms with Crippen molar-refractivity contribution in [1.82, 2.24) is 5.32 Å². The number of hydrogen-bond donors (Lipinski definition) is 1. The number of ether oxygens (including phenoxy) is 1. The van der Waals surface area contributed by atoms with Crippen LogP contribution in [0.5, 0.6) is 5.75 Å². The van der Waals surface area contributed by atoms with Crippen LogP contribution in [-0.2, 0) is 4.79 Å². The van der Waals surface area contributed by atoms with Crippen molar-refractivity contribution in [3.8, 4) is 22.9 Å². The normalized spacial score (nSPS) is 11.3. The minimum absolute atomic E-state index is 0.0784. The zero-order valence-electron chi connectivity index (χ0n) is 15.4. The third-order valence-corrected chi connectivity index (χ3v) is 4.67. The van der Waals surface area contributed by atoms with Gasteiger partial charge in [-0.15, -0.1) is 0 Å². The number of nitrogens with one attached hydrogen (secondary N) is 1. The van der Waals surface area contributed by atoms with E-state index in [1.807, 2.05) is 61.5 Å². The Balaban J connectivity index is 1.55. The van der Waals surface area contributed by atoms with Gasteiger partial charge in [0.25, 0.3) is 5.91 Å². The molecule has 0 heterocycles. The smallest absolute Gasteiger partial charge is 0.258 e. The summed E-state index contributed by atoms with van der Waals surface area (Å²) in [6, 6.07) is 24.2. The zero-order chi connectivity index (χ0) is 19.9. The fourth-order valence-corrected chi connectivity index (χ4v) is 3.12. The van der Waals surface area contributed by atoms with E-state index >= 15 is 0 Å². The Morgan fingerprint density at radius 2 is 1.64 bits per heavy atom. The molecule has 0 radical (unpaired) electrons. The van der Waals surface area contributed by atoms with Crippen molar-refractivity contribution in [2.24, 2.45) is 0 Å². The predicted octanol–water partition coefficient (Wildman–Crippen LogP) is 5.13. The van der Waals surface area contributed by atoms with Gasteiger partial charge in [-0.05, 0) is 53.9 Å². The monoisotopic (exact) mass is 390 g/mol. The molecule has 0 aliphatic carbocycles. The van der Waals surface area contributed by atoms with Crippen molar-refractivity contribution in [2.45, 2.75) is 13.0 Å². The molecule has 28 heavy (non-hydrogen) atoms. The van der Waals surface area contributed by atoms with Crippen LogP contribution in [0.15, 0.2) is 72.8 Å². The van der Waals surface area contributed by atoms with Crippen molar-refractivity contribution in [1.29, 1.82) is 5.26 Å². The number of nitriles is 1. The van der Waals surface area contributed by atoms with Crippen LogP contribution in [0.25, 0.3) is 11.1 Å². The summed E-state index contributed by atoms with van der Waals surface area (Å²) in [6.07, 6.45) is 0. The first-order chi connectivity index (χ1) is 13.6. The molecule has 0 aliphatic rings. The van der Waals surface area contributed by atoms with Crippen molar-refractivity contribution in [3.05, 3.63) is 88.9 Å². The summed E-state index contributed by atoms with van der Waals surface area (Å²) in [4.78, 5) is 12.2. The topological polar surface area (TPSA) is 62.1 Å². The summed E-state index contributed by atoms with van der Waals surface area (Å²) in [7, 11) is 0. The summed E-state index contributed by atoms with van der Waals surface area (Å²) < 4.78 is 5.57. The Kier molecular flexibility index (Phi) is 6.31. The van der Waals surface area contributed by atoms with E-state index in [2.05, 4.69) is 11.4 Å². The molecule has 1 N–H and O–H groups in total. The van der Waals surface area contributed by atoms with Crippen LogP contribution in [0.3, 0.4) is 0 Å². The Morgan fingerprint density at radius 3 is 2.25 bits per heavy atom. The number of carbonyl (C=O) groups is 1. The standard InChI is InChI=1S/C23H19ClN2O2/c1-16(21-4-2-3-5-22(21)24)26-23(27)15-28-20-12-10-19(11-13-20)18-8-6-17(14-25)7-9-18/h2-13,16H,15H2,1H3,(H,26,27)/t16-/m1/s1. The molecule has 0 bridgehead atoms. The van der Waals surface area contributed by atoms with Crippen LogP contribution in [-0.4, -0.2) is 12.5 Å². The zero-order valence-corrected chi connectivity index (χ0v) is 16.1. The molecule has 140 valence electrons. The number of carbonyl (C=O) groups excluding carboxylic acids is 1. The third kappa shape index (κ3) is 4.91. The van der Waals surface area contributed by atoms with Gasteiger partial charge in [-0.1, -0.05) is 54.1 Å². The summed E-state index contributed by atoms with van der Waals surface area (Å²) >= 11 is 6.16. The van der Waals surface area contributed by atoms with Gasteiger partial charge in [0.15, 0.2) is 6.61 Å². The van der Waals surface area contributed by atoms with E-state index in [0.29, 0.717) is 16.3 Å². The lowest BCUT2D eigenvalue weighted by Gasteiger charge is -2.16. The Bertz CT molecular complexity index is 992. The van der Waals surface area contributed by atoms with Gasteiger partial charge in [-0.2, -0.15) is 5.26 Å². The Morgan fingerprint density at radius 1 is 1.04 bits per heavy atom. The second-order valence-electron chi connectivity index (χ2n) is 6.31. The van der Waals surface area contributed by atoms with Gasteiger partial charge in [0.2, 0.25) is 0 Å². The first-order valence-corrected chi connectivity index (χ1v) is 9.22. The van der Waals surface area contributed by atoms with Crippen molar-refractivity contribution < 1.29 is 9.53 Å². The van der Waals surface area contributed by atoms with Gasteiger partial charge >= 0.3 is 0 Å². The molecule has 0 saturated heterocycles. The lowest BCUT2D eigenvalue weighted by atomic mass is 10.0. The highest BCUT2D eigenvalue weighted by atomic mass is 35.5. The van der Waals surface area contributed by atoms with Crippen LogP contribution in [0.2, 0.25) is 5.02 Å². The molecule has 3 aromatic rings. The largest absolute Gasteiger partial charge is 0.484 e. The Hall–Kier alpha value is -3.29. The molecule has 3 aromatic carbocycles. The predicted molar refractivity (Wildman–Crippen MR) is 110 cm³/mol. The number of halogens is 1. The van der Waals surface area contributed by atoms with E-state index in [-0.39, 0.29) is 18.6 Å². The molecule has 4 nitrogen and oxygen atoms in total. The first kappa shape index (κ1) is 19.5. The molecule has 1 atom stereocenters. The maximum atomic E-state index is 12.2. The number of benzene rings is 3. The minimum Gasteiger partial charge on any atom is -0.484 e. The van der Waals surface area contributed by atoms with Gasteiger partial charge in [0.1, 0.15) is 5.75 Å². The van der Waals surface area contributed by atoms with E-state index in [1.54, 1.807) is 18.2 Å². The molecule has 1 amide bonds. The lowest BCUT2D eigenvalue weighted by Crippen LogP contribution is -2.31. The van der Waals surface area contributed by atoms with E-state index < -0.39 is 0 Å². The maximum absolute atomic E-state index is 12.2. The number of nitrogens with zero attached hydrogens (tertiary/aromatic N) is 1. The van der Waals surface area contributed by atoms with Gasteiger partial charge < -0.3 is 10.1 Å². The van der Waals surface area contributed by atoms with Crippen LogP contribution in [0.1, 0.15) is 24.1 Å². The van der Waals surface area contributed by atoms with Gasteiger partial charge in [-0.3, -0.25) is 4.79 Å². The van der Waals surface area contributed by atoms with Crippen molar-refractivity contribution >= 4 is 17.5 Å². The lowest BCUT2D eigenvalue weighted by molar-refractivity contribution is -0.123. The first-order valence-electron chi connectivity index (χ1n) is 8.84. The van der Waals surface area contributed by atoms with Gasteiger partial charge in [-0.25, -0.2) is 0 Å². The minimum atomic E-state index is -0.219. The summed E-state index contributed by atoms with van der Waals surface area (Å²) in [5.74, 6) is 0.390. The molecule has 5 heteroatoms. The molecular weight excluding hydrogens is 372 g/mol. The van der Waals surface area contributed by atoms with Crippen LogP contribution >= 0.6 is 11.6 Å². The van der Waals surface area contributed by atoms with Gasteiger partial charge in [0.05, 0.1) is 17.7 Å². The Labute approximate surface area is 169 Å². The summed E-state index contributed by atoms with van der Waals surface area (Å²) in [6.45, 7) is 1.80. The van der Waals surface area contributed by atoms with Crippen molar-refractivity contribution in [2.75, 3.05) is 6.61 Å². The van der Waals surface area contributed by atoms with Crippen LogP contribution in [0.4, 0.5) is 0 Å². The quantitative estimate of drug-likeness (QED) is 0.634. The molecule has 0 fully saturated rings. The third-order valence-electron chi connectivity index (χ3n) is 4.32. The maximum Gasteiger partial charge on any atom is 0.258 e. The number of amides is 1. The highest BCUT2D eigenvalue weighted by molar-refractivity contribution is 6.31. The molecular formula is C23H19ClN2O2. The second kappa shape index (κ2) is 9.07. The van der Waals surface area contributed by atoms with E-state index in [1.165, 1.54) is 0 Å². The summed E-state index contributed by atoms with van der Waals surface area (Å²) in [5.41, 5.74) is 3.51. The average molecular weight is 391 g/mol. The highest BCUT2D eigenvalue weighted by Crippen LogP contribution is 2.23. The number of rotatable bonds is 6. The molecule has 0 unspecified atom stereocenters. The van der Waals surface area contributed by atoms with E-state index in [4.69, 9.17) is 21.6 Å². The molecule has 0 spiro atoms. The fourth-order valence-electron chi connectivity index (χ4n) is 2.82. The number of hydrogen-bond acceptors (Lipinski definition) is 3. The highest BCUT2D eigenvalue weighted by Gasteiger charge is 2.12. The van der Waals surface area contributed by atoms with Gasteiger partial charge in [0, 0.05) is 5.02 Å². The van der Waals surface area contributed by atoms with Crippen LogP contribution in [0, 0.1) is 11.3 Å². The molecule has 0 saturated carbocycles. The van der Waals surface area contributed by atoms with E-state index in [9.17, 15) is 4.79 Å². The fraction of sp³-hybridized carbons (Fsp3) is 0.130. The SMILES string of the molecule is C[C@@H](NC(=O)COc1ccc(-c2ccc(C#N)cc2)cc1)c1ccccc1Cl. The summed E-state index contributed by atoms with van der Waals surface area (Å²) in [5, 5.41) is 12.4. The van der Waals surface area contributed by atoms with Crippen molar-refractivity contribution in [3.63, 3.8) is 0 Å².